The summed E-state index contributed by atoms with van der Waals surface area (Å²) >= 11 is 0. The van der Waals surface area contributed by atoms with E-state index in [0.717, 1.165) is 6.42 Å². The topological polar surface area (TPSA) is 33.1 Å². The highest BCUT2D eigenvalue weighted by atomic mass is 31.1. The first-order valence-electron chi connectivity index (χ1n) is 3.07. The van der Waals surface area contributed by atoms with Crippen LogP contribution in [0.3, 0.4) is 0 Å². The summed E-state index contributed by atoms with van der Waals surface area (Å²) in [5.41, 5.74) is 1.43. The molecule has 1 aliphatic heterocycles. The largest absolute Gasteiger partial charge is 0.459 e. The van der Waals surface area contributed by atoms with Crippen molar-refractivity contribution in [3.63, 3.8) is 0 Å². The number of nitrogens with one attached hydrogen (secondary N) is 1. The molecule has 9 heavy (non-hydrogen) atoms. The van der Waals surface area contributed by atoms with Gasteiger partial charge in [-0.05, 0) is 18.7 Å². The highest BCUT2D eigenvalue weighted by molar-refractivity contribution is 7.37. The summed E-state index contributed by atoms with van der Waals surface area (Å²) < 4.78 is 5.05. The molecule has 2 unspecified atom stereocenters. The van der Waals surface area contributed by atoms with Crippen LogP contribution in [-0.2, 0) is 4.52 Å². The average Bonchev–Trinajstić information content (AvgIpc) is 1.74. The van der Waals surface area contributed by atoms with E-state index in [1.807, 2.05) is 0 Å². The molecule has 2 aliphatic rings. The summed E-state index contributed by atoms with van der Waals surface area (Å²) in [6.07, 6.45) is 2.33. The van der Waals surface area contributed by atoms with E-state index >= 15 is 0 Å². The lowest BCUT2D eigenvalue weighted by atomic mass is 9.80. The van der Waals surface area contributed by atoms with E-state index < -0.39 is 0 Å². The molecule has 0 amide bonds. The van der Waals surface area contributed by atoms with E-state index in [1.165, 1.54) is 12.0 Å². The predicted octanol–water partition coefficient (Wildman–Crippen LogP) is 1.88. The van der Waals surface area contributed by atoms with Crippen LogP contribution in [0.4, 0.5) is 0 Å². The van der Waals surface area contributed by atoms with E-state index in [9.17, 15) is 0 Å². The van der Waals surface area contributed by atoms with Crippen LogP contribution in [0.15, 0.2) is 11.4 Å². The zero-order chi connectivity index (χ0) is 6.27. The van der Waals surface area contributed by atoms with Crippen LogP contribution in [0.25, 0.3) is 0 Å². The Morgan fingerprint density at radius 2 is 2.67 bits per heavy atom. The smallest absolute Gasteiger partial charge is 0.191 e. The Bertz CT molecular complexity index is 187. The molecule has 1 heterocycles. The SMILES string of the molecule is N=C1OPC=C2CCC12. The normalized spacial score (nSPS) is 34.4. The average molecular weight is 141 g/mol. The Morgan fingerprint density at radius 1 is 1.78 bits per heavy atom. The monoisotopic (exact) mass is 141 g/mol. The zero-order valence-electron chi connectivity index (χ0n) is 4.98. The summed E-state index contributed by atoms with van der Waals surface area (Å²) in [4.78, 5) is 0. The van der Waals surface area contributed by atoms with Crippen molar-refractivity contribution >= 4 is 14.7 Å². The Morgan fingerprint density at radius 3 is 3.11 bits per heavy atom. The van der Waals surface area contributed by atoms with Crippen molar-refractivity contribution in [2.75, 3.05) is 0 Å². The molecular formula is C6H8NOP. The number of hydrogen-bond donors (Lipinski definition) is 1. The summed E-state index contributed by atoms with van der Waals surface area (Å²) in [6.45, 7) is 0. The molecule has 2 rings (SSSR count). The molecule has 0 aromatic carbocycles. The third-order valence-corrected chi connectivity index (χ3v) is 2.73. The van der Waals surface area contributed by atoms with Crippen molar-refractivity contribution in [2.24, 2.45) is 5.92 Å². The van der Waals surface area contributed by atoms with Crippen molar-refractivity contribution < 1.29 is 4.52 Å². The summed E-state index contributed by atoms with van der Waals surface area (Å²) in [7, 11) is 0.413. The second-order valence-corrected chi connectivity index (χ2v) is 3.12. The second kappa shape index (κ2) is 1.81. The van der Waals surface area contributed by atoms with E-state index in [0.29, 0.717) is 20.6 Å². The van der Waals surface area contributed by atoms with Gasteiger partial charge in [0.05, 0.1) is 14.7 Å². The van der Waals surface area contributed by atoms with Gasteiger partial charge in [0, 0.05) is 0 Å². The molecule has 0 spiro atoms. The van der Waals surface area contributed by atoms with Crippen LogP contribution in [-0.4, -0.2) is 5.90 Å². The third kappa shape index (κ3) is 0.699. The van der Waals surface area contributed by atoms with E-state index in [4.69, 9.17) is 9.93 Å². The number of fused-ring (bicyclic) bond motifs is 1. The van der Waals surface area contributed by atoms with Gasteiger partial charge >= 0.3 is 0 Å². The molecule has 3 heteroatoms. The molecule has 1 saturated carbocycles. The lowest BCUT2D eigenvalue weighted by Crippen LogP contribution is -2.26. The minimum Gasteiger partial charge on any atom is -0.459 e. The first-order chi connectivity index (χ1) is 4.38. The van der Waals surface area contributed by atoms with Gasteiger partial charge in [0.1, 0.15) is 0 Å². The maximum atomic E-state index is 7.32. The molecule has 2 atom stereocenters. The van der Waals surface area contributed by atoms with Gasteiger partial charge in [-0.15, -0.1) is 0 Å². The Kier molecular flexibility index (Phi) is 1.09. The summed E-state index contributed by atoms with van der Waals surface area (Å²) in [5, 5.41) is 7.32. The van der Waals surface area contributed by atoms with Gasteiger partial charge in [0.2, 0.25) is 0 Å². The van der Waals surface area contributed by atoms with Crippen LogP contribution in [0.1, 0.15) is 12.8 Å². The highest BCUT2D eigenvalue weighted by Gasteiger charge is 2.31. The van der Waals surface area contributed by atoms with E-state index in [1.54, 1.807) is 0 Å². The fourth-order valence-corrected chi connectivity index (χ4v) is 1.99. The van der Waals surface area contributed by atoms with E-state index in [2.05, 4.69) is 5.82 Å². The van der Waals surface area contributed by atoms with Crippen LogP contribution in [0, 0.1) is 11.3 Å². The Balaban J connectivity index is 2.24. The van der Waals surface area contributed by atoms with Crippen LogP contribution in [0.2, 0.25) is 0 Å². The molecule has 1 fully saturated rings. The summed E-state index contributed by atoms with van der Waals surface area (Å²) in [6, 6.07) is 0. The Labute approximate surface area is 55.7 Å². The van der Waals surface area contributed by atoms with Crippen LogP contribution in [0.5, 0.6) is 0 Å². The van der Waals surface area contributed by atoms with Gasteiger partial charge in [-0.1, -0.05) is 5.57 Å². The molecule has 1 N–H and O–H groups in total. The van der Waals surface area contributed by atoms with Crippen molar-refractivity contribution in [3.8, 4) is 0 Å². The first-order valence-corrected chi connectivity index (χ1v) is 4.06. The molecular weight excluding hydrogens is 133 g/mol. The number of hydrogen-bond acceptors (Lipinski definition) is 2. The van der Waals surface area contributed by atoms with Crippen molar-refractivity contribution in [1.29, 1.82) is 5.41 Å². The fraction of sp³-hybridized carbons (Fsp3) is 0.500. The molecule has 48 valence electrons. The van der Waals surface area contributed by atoms with Gasteiger partial charge in [-0.25, -0.2) is 0 Å². The van der Waals surface area contributed by atoms with E-state index in [-0.39, 0.29) is 0 Å². The van der Waals surface area contributed by atoms with Crippen LogP contribution >= 0.6 is 8.81 Å². The quantitative estimate of drug-likeness (QED) is 0.513. The van der Waals surface area contributed by atoms with Gasteiger partial charge < -0.3 is 4.52 Å². The van der Waals surface area contributed by atoms with Crippen LogP contribution < -0.4 is 0 Å². The minimum absolute atomic E-state index is 0.381. The third-order valence-electron chi connectivity index (χ3n) is 1.90. The Hall–Kier alpha value is -0.360. The lowest BCUT2D eigenvalue weighted by Gasteiger charge is -2.32. The molecule has 1 aliphatic carbocycles. The molecule has 0 bridgehead atoms. The minimum atomic E-state index is 0.381. The molecule has 0 aromatic rings. The van der Waals surface area contributed by atoms with Gasteiger partial charge in [0.25, 0.3) is 0 Å². The summed E-state index contributed by atoms with van der Waals surface area (Å²) in [5.74, 6) is 3.01. The molecule has 0 radical (unpaired) electrons. The lowest BCUT2D eigenvalue weighted by molar-refractivity contribution is 0.462. The fourth-order valence-electron chi connectivity index (χ4n) is 1.17. The second-order valence-electron chi connectivity index (χ2n) is 2.39. The molecule has 2 nitrogen and oxygen atoms in total. The van der Waals surface area contributed by atoms with Gasteiger partial charge in [-0.2, -0.15) is 0 Å². The first kappa shape index (κ1) is 5.43. The van der Waals surface area contributed by atoms with Gasteiger partial charge in [0.15, 0.2) is 5.90 Å². The molecule has 0 saturated heterocycles. The van der Waals surface area contributed by atoms with Gasteiger partial charge in [-0.3, -0.25) is 5.41 Å². The standard InChI is InChI=1S/C6H8NOP/c7-6-5-2-1-4(5)3-9-8-6/h3,5,7,9H,1-2H2. The highest BCUT2D eigenvalue weighted by Crippen LogP contribution is 2.42. The van der Waals surface area contributed by atoms with Crippen molar-refractivity contribution in [1.82, 2.24) is 0 Å². The zero-order valence-corrected chi connectivity index (χ0v) is 5.98. The maximum absolute atomic E-state index is 7.32. The maximum Gasteiger partial charge on any atom is 0.191 e. The number of rotatable bonds is 0. The van der Waals surface area contributed by atoms with Crippen molar-refractivity contribution in [3.05, 3.63) is 11.4 Å². The molecule has 0 aromatic heterocycles. The van der Waals surface area contributed by atoms with Crippen molar-refractivity contribution in [2.45, 2.75) is 12.8 Å². The predicted molar refractivity (Wildman–Crippen MR) is 37.9 cm³/mol.